The molecule has 2 saturated carbocycles. The Kier molecular flexibility index (Phi) is 12.1. The molecule has 5 N–H and O–H groups in total. The van der Waals surface area contributed by atoms with E-state index in [0.717, 1.165) is 44.8 Å². The topological polar surface area (TPSA) is 234 Å². The van der Waals surface area contributed by atoms with Gasteiger partial charge in [-0.2, -0.15) is 0 Å². The summed E-state index contributed by atoms with van der Waals surface area (Å²) in [4.78, 5) is 61.9. The molecular formula is C38H51NO15. The van der Waals surface area contributed by atoms with Crippen molar-refractivity contribution in [1.82, 2.24) is 5.32 Å². The van der Waals surface area contributed by atoms with Gasteiger partial charge in [-0.15, -0.1) is 0 Å². The van der Waals surface area contributed by atoms with E-state index in [1.54, 1.807) is 13.0 Å². The monoisotopic (exact) mass is 761 g/mol. The Bertz CT molecular complexity index is 1600. The van der Waals surface area contributed by atoms with Gasteiger partial charge in [0.2, 0.25) is 5.91 Å². The minimum absolute atomic E-state index is 0.200. The van der Waals surface area contributed by atoms with Crippen LogP contribution in [0, 0.1) is 17.3 Å². The first-order valence-electron chi connectivity index (χ1n) is 18.7. The third-order valence-corrected chi connectivity index (χ3v) is 12.3. The number of aliphatic carboxylic acids is 1. The number of fused-ring (bicyclic) bond motifs is 5. The number of ether oxygens (including phenoxy) is 6. The van der Waals surface area contributed by atoms with Gasteiger partial charge in [-0.1, -0.05) is 13.0 Å². The fourth-order valence-electron chi connectivity index (χ4n) is 9.46. The Labute approximate surface area is 312 Å². The predicted octanol–water partition coefficient (Wildman–Crippen LogP) is 0.925. The van der Waals surface area contributed by atoms with Crippen LogP contribution in [0.25, 0.3) is 0 Å². The van der Waals surface area contributed by atoms with Crippen molar-refractivity contribution in [3.8, 4) is 5.75 Å². The highest BCUT2D eigenvalue weighted by Gasteiger charge is 2.55. The molecule has 1 aromatic carbocycles. The van der Waals surface area contributed by atoms with Crippen molar-refractivity contribution in [2.45, 2.75) is 139 Å². The van der Waals surface area contributed by atoms with Crippen molar-refractivity contribution in [2.75, 3.05) is 13.7 Å². The summed E-state index contributed by atoms with van der Waals surface area (Å²) in [7, 11) is 1.14. The van der Waals surface area contributed by atoms with E-state index in [9.17, 15) is 44.4 Å². The molecule has 54 heavy (non-hydrogen) atoms. The largest absolute Gasteiger partial charge is 0.479 e. The summed E-state index contributed by atoms with van der Waals surface area (Å²) in [5, 5.41) is 44.7. The average Bonchev–Trinajstić information content (AvgIpc) is 3.44. The number of esters is 2. The Balaban J connectivity index is 1.01. The fraction of sp³-hybridized carbons (Fsp3) is 0.711. The van der Waals surface area contributed by atoms with Crippen LogP contribution >= 0.6 is 0 Å². The molecule has 10 unspecified atom stereocenters. The van der Waals surface area contributed by atoms with Crippen LogP contribution in [0.2, 0.25) is 0 Å². The standard InChI is InChI=1S/C38H51NO15/c1-17-29(39-18(2)40)33(53-37-32(46)31(45)34(49-4)35(54-37)36(47)48)30(44)25(51-17)16-50-27(42)11-12-28(43)52-20-6-8-21-19(15-20)5-7-23-22(21)13-14-38(3)24(23)9-10-26(38)41/h6,8,15,17,22-25,29-35,37,44-46H,5,7,9-14,16H2,1-4H3,(H,39,40)(H,47,48)/t17?,22-,23-,24+,25?,29?,30?,31?,32?,33?,34?,35?,37?,38+/m1/s1. The van der Waals surface area contributed by atoms with Crippen molar-refractivity contribution in [3.05, 3.63) is 29.3 Å². The molecular weight excluding hydrogens is 710 g/mol. The second-order valence-corrected chi connectivity index (χ2v) is 15.5. The van der Waals surface area contributed by atoms with Crippen LogP contribution in [-0.2, 0) is 54.1 Å². The van der Waals surface area contributed by atoms with Gasteiger partial charge in [0.15, 0.2) is 12.4 Å². The first-order valence-corrected chi connectivity index (χ1v) is 18.7. The molecule has 0 bridgehead atoms. The first kappa shape index (κ1) is 40.2. The molecule has 3 aliphatic carbocycles. The summed E-state index contributed by atoms with van der Waals surface area (Å²) in [5.74, 6) is -1.33. The van der Waals surface area contributed by atoms with E-state index in [-0.39, 0.29) is 18.3 Å². The number of rotatable bonds is 11. The molecule has 16 nitrogen and oxygen atoms in total. The van der Waals surface area contributed by atoms with Crippen LogP contribution < -0.4 is 10.1 Å². The molecule has 0 spiro atoms. The minimum Gasteiger partial charge on any atom is -0.479 e. The van der Waals surface area contributed by atoms with E-state index in [4.69, 9.17) is 28.4 Å². The van der Waals surface area contributed by atoms with Gasteiger partial charge in [0.25, 0.3) is 0 Å². The van der Waals surface area contributed by atoms with Gasteiger partial charge in [0, 0.05) is 25.9 Å². The average molecular weight is 762 g/mol. The highest BCUT2D eigenvalue weighted by molar-refractivity contribution is 5.87. The number of carboxylic acids is 1. The number of carboxylic acid groups (broad SMARTS) is 1. The number of hydrogen-bond acceptors (Lipinski definition) is 14. The summed E-state index contributed by atoms with van der Waals surface area (Å²) in [5.41, 5.74) is 2.20. The zero-order valence-electron chi connectivity index (χ0n) is 30.9. The Morgan fingerprint density at radius 1 is 0.963 bits per heavy atom. The maximum Gasteiger partial charge on any atom is 0.335 e. The number of methoxy groups -OCH3 is 1. The number of aliphatic hydroxyl groups excluding tert-OH is 3. The smallest absolute Gasteiger partial charge is 0.335 e. The normalized spacial score (nSPS) is 38.7. The summed E-state index contributed by atoms with van der Waals surface area (Å²) in [6, 6.07) is 4.66. The van der Waals surface area contributed by atoms with E-state index >= 15 is 0 Å². The van der Waals surface area contributed by atoms with Gasteiger partial charge < -0.3 is 54.2 Å². The number of aliphatic hydroxyl groups is 3. The third kappa shape index (κ3) is 7.92. The Morgan fingerprint density at radius 3 is 2.41 bits per heavy atom. The van der Waals surface area contributed by atoms with Crippen molar-refractivity contribution in [1.29, 1.82) is 0 Å². The Morgan fingerprint density at radius 2 is 1.70 bits per heavy atom. The molecule has 298 valence electrons. The summed E-state index contributed by atoms with van der Waals surface area (Å²) in [6.07, 6.45) is -8.76. The van der Waals surface area contributed by atoms with Gasteiger partial charge >= 0.3 is 17.9 Å². The SMILES string of the molecule is COC1C(C(=O)O)OC(OC2C(O)C(COC(=O)CCC(=O)Oc3ccc4c(c3)CC[C@@H]3[C@@H]4CC[C@]4(C)C(=O)CC[C@@H]34)OC(C)C2NC(C)=O)C(O)C1O. The van der Waals surface area contributed by atoms with E-state index in [0.29, 0.717) is 35.7 Å². The van der Waals surface area contributed by atoms with Crippen LogP contribution in [0.5, 0.6) is 5.75 Å². The summed E-state index contributed by atoms with van der Waals surface area (Å²) in [6.45, 7) is 4.45. The van der Waals surface area contributed by atoms with Crippen molar-refractivity contribution >= 4 is 29.6 Å². The third-order valence-electron chi connectivity index (χ3n) is 12.3. The number of hydrogen-bond donors (Lipinski definition) is 5. The number of nitrogens with one attached hydrogen (secondary N) is 1. The molecule has 16 heteroatoms. The minimum atomic E-state index is -1.80. The fourth-order valence-corrected chi connectivity index (χ4v) is 9.46. The number of ketones is 1. The van der Waals surface area contributed by atoms with Crippen LogP contribution in [0.4, 0.5) is 0 Å². The molecule has 0 radical (unpaired) electrons. The lowest BCUT2D eigenvalue weighted by molar-refractivity contribution is -0.327. The predicted molar refractivity (Wildman–Crippen MR) is 184 cm³/mol. The summed E-state index contributed by atoms with van der Waals surface area (Å²) < 4.78 is 33.0. The van der Waals surface area contributed by atoms with Crippen LogP contribution in [-0.4, -0.2) is 125 Å². The molecule has 1 amide bonds. The van der Waals surface area contributed by atoms with E-state index in [1.807, 2.05) is 12.1 Å². The highest BCUT2D eigenvalue weighted by Crippen LogP contribution is 2.59. The number of amides is 1. The van der Waals surface area contributed by atoms with Gasteiger partial charge in [-0.3, -0.25) is 19.2 Å². The number of benzene rings is 1. The van der Waals surface area contributed by atoms with Crippen molar-refractivity contribution in [3.63, 3.8) is 0 Å². The highest BCUT2D eigenvalue weighted by atomic mass is 16.7. The number of Topliss-reactive ketones (excluding diaryl/α,β-unsaturated/α-hetero) is 1. The molecule has 5 aliphatic rings. The van der Waals surface area contributed by atoms with Crippen molar-refractivity contribution in [2.24, 2.45) is 17.3 Å². The molecule has 6 rings (SSSR count). The second kappa shape index (κ2) is 16.3. The van der Waals surface area contributed by atoms with Gasteiger partial charge in [-0.05, 0) is 80.0 Å². The number of aryl methyl sites for hydroxylation is 1. The van der Waals surface area contributed by atoms with Gasteiger partial charge in [0.1, 0.15) is 54.8 Å². The number of carbonyl (C=O) groups is 5. The first-order chi connectivity index (χ1) is 25.6. The van der Waals surface area contributed by atoms with Gasteiger partial charge in [0.05, 0.1) is 25.0 Å². The Hall–Kier alpha value is -3.51. The zero-order valence-corrected chi connectivity index (χ0v) is 30.9. The number of carbonyl (C=O) groups excluding carboxylic acids is 4. The maximum absolute atomic E-state index is 12.7. The lowest BCUT2D eigenvalue weighted by Gasteiger charge is -2.48. The molecule has 0 aromatic heterocycles. The van der Waals surface area contributed by atoms with E-state index < -0.39 is 91.6 Å². The quantitative estimate of drug-likeness (QED) is 0.156. The zero-order chi connectivity index (χ0) is 39.1. The molecule has 4 fully saturated rings. The van der Waals surface area contributed by atoms with E-state index in [2.05, 4.69) is 12.2 Å². The second-order valence-electron chi connectivity index (χ2n) is 15.5. The molecule has 2 saturated heterocycles. The van der Waals surface area contributed by atoms with Gasteiger partial charge in [-0.25, -0.2) is 4.79 Å². The molecule has 2 aliphatic heterocycles. The lowest BCUT2D eigenvalue weighted by Crippen LogP contribution is -2.67. The van der Waals surface area contributed by atoms with Crippen LogP contribution in [0.3, 0.4) is 0 Å². The molecule has 2 heterocycles. The molecule has 1 aromatic rings. The lowest BCUT2D eigenvalue weighted by atomic mass is 9.55. The van der Waals surface area contributed by atoms with Crippen molar-refractivity contribution < 1.29 is 72.8 Å². The van der Waals surface area contributed by atoms with E-state index in [1.165, 1.54) is 12.5 Å². The maximum atomic E-state index is 12.7. The summed E-state index contributed by atoms with van der Waals surface area (Å²) >= 11 is 0. The van der Waals surface area contributed by atoms with Crippen LogP contribution in [0.1, 0.15) is 82.8 Å². The molecule has 14 atom stereocenters. The van der Waals surface area contributed by atoms with Crippen LogP contribution in [0.15, 0.2) is 18.2 Å².